The second-order valence-corrected chi connectivity index (χ2v) is 18.1. The number of halogens is 1. The summed E-state index contributed by atoms with van der Waals surface area (Å²) in [5, 5.41) is 26.1. The van der Waals surface area contributed by atoms with Gasteiger partial charge in [0.1, 0.15) is 22.9 Å². The van der Waals surface area contributed by atoms with E-state index in [9.17, 15) is 19.5 Å². The van der Waals surface area contributed by atoms with Crippen LogP contribution >= 0.6 is 11.3 Å². The first kappa shape index (κ1) is 59.9. The van der Waals surface area contributed by atoms with Gasteiger partial charge >= 0.3 is 12.1 Å². The highest BCUT2D eigenvalue weighted by molar-refractivity contribution is 7.13. The predicted molar refractivity (Wildman–Crippen MR) is 247 cm³/mol. The zero-order chi connectivity index (χ0) is 42.7. The van der Waals surface area contributed by atoms with E-state index in [-0.39, 0.29) is 67.7 Å². The smallest absolute Gasteiger partial charge is 0.410 e. The fraction of sp³-hybridized carbons (Fsp3) is 0.822. The first-order chi connectivity index (χ1) is 27.3. The van der Waals surface area contributed by atoms with Crippen LogP contribution in [0.4, 0.5) is 9.18 Å². The van der Waals surface area contributed by atoms with Crippen molar-refractivity contribution in [2.75, 3.05) is 34.3 Å². The molecule has 5 heterocycles. The van der Waals surface area contributed by atoms with Gasteiger partial charge in [0.15, 0.2) is 17.7 Å². The van der Waals surface area contributed by atoms with Gasteiger partial charge < -0.3 is 39.0 Å². The number of alkyl halides is 1. The van der Waals surface area contributed by atoms with Crippen LogP contribution in [-0.2, 0) is 39.8 Å². The molecule has 2 N–H and O–H groups in total. The van der Waals surface area contributed by atoms with Crippen molar-refractivity contribution in [3.05, 3.63) is 17.8 Å². The van der Waals surface area contributed by atoms with Gasteiger partial charge in [-0.2, -0.15) is 0 Å². The van der Waals surface area contributed by atoms with Crippen molar-refractivity contribution in [1.82, 2.24) is 35.1 Å². The number of thiazole rings is 1. The third-order valence-corrected chi connectivity index (χ3v) is 13.1. The number of esters is 1. The molecule has 2 aromatic heterocycles. The van der Waals surface area contributed by atoms with Crippen LogP contribution in [0.15, 0.2) is 17.8 Å². The number of carbonyl (C=O) groups is 3. The van der Waals surface area contributed by atoms with Gasteiger partial charge in [-0.1, -0.05) is 63.1 Å². The van der Waals surface area contributed by atoms with Crippen LogP contribution in [0.5, 0.6) is 0 Å². The van der Waals surface area contributed by atoms with Crippen molar-refractivity contribution >= 4 is 29.2 Å². The molecule has 0 bridgehead atoms. The number of aromatic nitrogens is 4. The van der Waals surface area contributed by atoms with E-state index in [0.717, 1.165) is 11.9 Å². The highest BCUT2D eigenvalue weighted by atomic mass is 32.1. The van der Waals surface area contributed by atoms with Crippen LogP contribution in [0.1, 0.15) is 125 Å². The predicted octanol–water partition coefficient (Wildman–Crippen LogP) is 7.43. The molecular weight excluding hydrogens is 834 g/mol. The van der Waals surface area contributed by atoms with E-state index < -0.39 is 71.3 Å². The first-order valence-corrected chi connectivity index (χ1v) is 21.3. The molecular formula is C45H84FN7O9S. The number of fused-ring (bicyclic) bond motifs is 1. The van der Waals surface area contributed by atoms with Gasteiger partial charge in [-0.25, -0.2) is 19.0 Å². The Kier molecular flexibility index (Phi) is 23.2. The van der Waals surface area contributed by atoms with Crippen molar-refractivity contribution in [2.45, 2.75) is 197 Å². The number of amides is 1. The topological polar surface area (TPSA) is 180 Å². The summed E-state index contributed by atoms with van der Waals surface area (Å²) in [6, 6.07) is -1.33. The van der Waals surface area contributed by atoms with Gasteiger partial charge in [0.2, 0.25) is 0 Å². The number of hydrogen-bond donors (Lipinski definition) is 2. The Labute approximate surface area is 382 Å². The zero-order valence-electron chi connectivity index (χ0n) is 35.8. The highest BCUT2D eigenvalue weighted by Crippen LogP contribution is 2.41. The number of nitrogens with one attached hydrogen (secondary N) is 1. The summed E-state index contributed by atoms with van der Waals surface area (Å²) >= 11 is 1.48. The van der Waals surface area contributed by atoms with Gasteiger partial charge in [-0.3, -0.25) is 14.4 Å². The highest BCUT2D eigenvalue weighted by Gasteiger charge is 2.60. The summed E-state index contributed by atoms with van der Waals surface area (Å²) in [5.41, 5.74) is -5.06. The average Bonchev–Trinajstić information content (AvgIpc) is 3.93. The van der Waals surface area contributed by atoms with E-state index >= 15 is 4.39 Å². The Morgan fingerprint density at radius 1 is 1.05 bits per heavy atom. The molecule has 3 aliphatic rings. The summed E-state index contributed by atoms with van der Waals surface area (Å²) in [6.45, 7) is 14.8. The second kappa shape index (κ2) is 24.4. The Morgan fingerprint density at radius 2 is 1.70 bits per heavy atom. The SMILES string of the molecule is C.C.C.C.C.CC[C@H]1OC(=O)C(C)(F)C(=O)[C@@H](C)[C@@H](O[C@@H]2OC(C)CC(N(C)C)C2O)[C@](C)(OC)C[C@@H](C)CN[C@H](C)[C@H]2N(CCCCn3cc(-c4nccs4)nn3)C(=O)O[C@]12C. The molecule has 4 unspecified atom stereocenters. The van der Waals surface area contributed by atoms with Crippen LogP contribution in [-0.4, -0.2) is 153 Å². The molecule has 2 aromatic rings. The van der Waals surface area contributed by atoms with Crippen LogP contribution in [0.2, 0.25) is 0 Å². The second-order valence-electron chi connectivity index (χ2n) is 17.2. The van der Waals surface area contributed by atoms with E-state index in [1.54, 1.807) is 36.5 Å². The van der Waals surface area contributed by atoms with E-state index in [4.69, 9.17) is 23.7 Å². The van der Waals surface area contributed by atoms with E-state index in [2.05, 4.69) is 20.6 Å². The number of aliphatic hydroxyl groups is 1. The molecule has 0 radical (unpaired) electrons. The Balaban J connectivity index is 0.00000769. The number of ether oxygens (including phenoxy) is 5. The fourth-order valence-electron chi connectivity index (χ4n) is 9.07. The molecule has 16 nitrogen and oxygen atoms in total. The summed E-state index contributed by atoms with van der Waals surface area (Å²) < 4.78 is 49.5. The molecule has 3 fully saturated rings. The number of unbranched alkanes of at least 4 members (excludes halogenated alkanes) is 1. The van der Waals surface area contributed by atoms with Gasteiger partial charge in [0.05, 0.1) is 30.0 Å². The van der Waals surface area contributed by atoms with Crippen molar-refractivity contribution in [3.8, 4) is 10.7 Å². The largest absolute Gasteiger partial charge is 0.455 e. The summed E-state index contributed by atoms with van der Waals surface area (Å²) in [6.07, 6.45) is 0.517. The number of methoxy groups -OCH3 is 1. The summed E-state index contributed by atoms with van der Waals surface area (Å²) in [4.78, 5) is 49.8. The summed E-state index contributed by atoms with van der Waals surface area (Å²) in [7, 11) is 5.21. The number of hydrogen-bond acceptors (Lipinski definition) is 15. The fourth-order valence-corrected chi connectivity index (χ4v) is 9.66. The quantitative estimate of drug-likeness (QED) is 0.129. The van der Waals surface area contributed by atoms with E-state index in [1.165, 1.54) is 25.4 Å². The normalized spacial score (nSPS) is 35.2. The number of carbonyl (C=O) groups excluding carboxylic acids is 3. The number of likely N-dealkylation sites (N-methyl/N-ethyl adjacent to an activating group) is 1. The number of cyclic esters (lactones) is 1. The zero-order valence-corrected chi connectivity index (χ0v) is 36.7. The molecule has 5 rings (SSSR count). The van der Waals surface area contributed by atoms with Crippen molar-refractivity contribution in [3.63, 3.8) is 0 Å². The molecule has 366 valence electrons. The van der Waals surface area contributed by atoms with Crippen LogP contribution in [0, 0.1) is 11.8 Å². The summed E-state index contributed by atoms with van der Waals surface area (Å²) in [5.74, 6) is -3.84. The van der Waals surface area contributed by atoms with Crippen molar-refractivity contribution in [1.29, 1.82) is 0 Å². The minimum atomic E-state index is -3.13. The lowest BCUT2D eigenvalue weighted by molar-refractivity contribution is -0.295. The number of rotatable bonds is 11. The van der Waals surface area contributed by atoms with E-state index in [1.807, 2.05) is 51.3 Å². The van der Waals surface area contributed by atoms with Crippen molar-refractivity contribution < 1.29 is 47.6 Å². The molecule has 0 saturated carbocycles. The number of aliphatic hydroxyl groups excluding tert-OH is 1. The maximum atomic E-state index is 16.9. The van der Waals surface area contributed by atoms with E-state index in [0.29, 0.717) is 51.0 Å². The maximum Gasteiger partial charge on any atom is 0.410 e. The molecule has 3 saturated heterocycles. The Hall–Kier alpha value is -3.13. The molecule has 0 aromatic carbocycles. The lowest BCUT2D eigenvalue weighted by Gasteiger charge is -2.47. The third-order valence-electron chi connectivity index (χ3n) is 12.3. The molecule has 3 aliphatic heterocycles. The van der Waals surface area contributed by atoms with Crippen LogP contribution in [0.25, 0.3) is 10.7 Å². The molecule has 0 spiro atoms. The standard InChI is InChI=1S/C40H64FN7O9S.5CH4/c1-12-29-40(8)31(48(37(52)57-40)17-14-13-16-47-22-27(44-45-47)34-42-15-18-58-34)26(5)43-21-23(2)20-38(6,53-11)33(25(4)32(50)39(7,41)36(51)55-29)56-35-30(49)28(46(9)10)19-24(3)54-35;;;;;/h15,18,22-26,28-31,33,35,43,49H,12-14,16-17,19-21H2,1-11H3;5*1H4/t23-,24?,25-,26-,28?,29-,30?,31-,33-,35+,38-,39?,40-;;;;;/m1...../s1. The first-order valence-electron chi connectivity index (χ1n) is 20.4. The molecule has 63 heavy (non-hydrogen) atoms. The van der Waals surface area contributed by atoms with Crippen LogP contribution in [0.3, 0.4) is 0 Å². The number of nitrogens with zero attached hydrogens (tertiary/aromatic N) is 6. The monoisotopic (exact) mass is 918 g/mol. The minimum Gasteiger partial charge on any atom is -0.455 e. The Morgan fingerprint density at radius 3 is 2.29 bits per heavy atom. The average molecular weight is 918 g/mol. The lowest BCUT2D eigenvalue weighted by Crippen LogP contribution is -2.61. The number of ketones is 1. The maximum absolute atomic E-state index is 16.9. The molecule has 1 amide bonds. The van der Waals surface area contributed by atoms with Crippen LogP contribution < -0.4 is 5.32 Å². The molecule has 0 aliphatic carbocycles. The number of aryl methyl sites for hydroxylation is 1. The van der Waals surface area contributed by atoms with Crippen molar-refractivity contribution in [2.24, 2.45) is 11.8 Å². The molecule has 18 heteroatoms. The minimum absolute atomic E-state index is 0. The Bertz CT molecular complexity index is 1700. The number of Topliss-reactive ketones (excluding diaryl/α,β-unsaturated/α-hetero) is 1. The van der Waals surface area contributed by atoms with Gasteiger partial charge in [0, 0.05) is 49.8 Å². The van der Waals surface area contributed by atoms with Gasteiger partial charge in [-0.15, -0.1) is 16.4 Å². The lowest BCUT2D eigenvalue weighted by atomic mass is 9.78. The molecule has 13 atom stereocenters. The van der Waals surface area contributed by atoms with Gasteiger partial charge in [0.25, 0.3) is 5.67 Å². The third kappa shape index (κ3) is 12.8. The van der Waals surface area contributed by atoms with Gasteiger partial charge in [-0.05, 0) is 93.3 Å².